The molecule has 0 saturated carbocycles. The highest BCUT2D eigenvalue weighted by atomic mass is 16.5. The molecule has 1 amide bonds. The molecule has 0 aromatic carbocycles. The summed E-state index contributed by atoms with van der Waals surface area (Å²) in [6.07, 6.45) is 0.928. The second kappa shape index (κ2) is 5.80. The molecule has 0 aromatic rings. The number of hydrogen-bond acceptors (Lipinski definition) is 3. The Labute approximate surface area is 97.0 Å². The van der Waals surface area contributed by atoms with Crippen LogP contribution in [-0.4, -0.2) is 50.4 Å². The lowest BCUT2D eigenvalue weighted by atomic mass is 9.98. The van der Waals surface area contributed by atoms with Crippen LogP contribution in [-0.2, 0) is 9.53 Å². The van der Waals surface area contributed by atoms with Crippen LogP contribution >= 0.6 is 0 Å². The Hall–Kier alpha value is -1.16. The molecule has 1 heterocycles. The average Bonchev–Trinajstić information content (AvgIpc) is 2.29. The van der Waals surface area contributed by atoms with Crippen LogP contribution in [0.25, 0.3) is 0 Å². The van der Waals surface area contributed by atoms with Crippen molar-refractivity contribution < 1.29 is 9.53 Å². The largest absolute Gasteiger partial charge is 0.375 e. The van der Waals surface area contributed by atoms with Gasteiger partial charge in [-0.3, -0.25) is 9.79 Å². The molecule has 0 N–H and O–H groups in total. The Morgan fingerprint density at radius 1 is 1.56 bits per heavy atom. The molecule has 0 aliphatic carbocycles. The van der Waals surface area contributed by atoms with Crippen molar-refractivity contribution in [1.82, 2.24) is 4.90 Å². The molecule has 1 aliphatic heterocycles. The zero-order valence-corrected chi connectivity index (χ0v) is 10.5. The Morgan fingerprint density at radius 3 is 2.81 bits per heavy atom. The zero-order chi connectivity index (χ0) is 12.1. The topological polar surface area (TPSA) is 41.9 Å². The molecular weight excluding hydrogens is 204 g/mol. The van der Waals surface area contributed by atoms with Gasteiger partial charge in [0.25, 0.3) is 0 Å². The standard InChI is InChI=1S/C12H20N2O2/c1-9-5-6-14(12(15)8-16-4)7-11(9)10(2)13-3/h5-8H2,1-4H3/b13-10-. The van der Waals surface area contributed by atoms with Crippen LogP contribution in [0.3, 0.4) is 0 Å². The van der Waals surface area contributed by atoms with E-state index >= 15 is 0 Å². The van der Waals surface area contributed by atoms with E-state index in [1.165, 1.54) is 11.1 Å². The summed E-state index contributed by atoms with van der Waals surface area (Å²) in [4.78, 5) is 17.7. The zero-order valence-electron chi connectivity index (χ0n) is 10.5. The molecule has 0 atom stereocenters. The van der Waals surface area contributed by atoms with Crippen molar-refractivity contribution in [2.24, 2.45) is 4.99 Å². The number of hydrogen-bond donors (Lipinski definition) is 0. The quantitative estimate of drug-likeness (QED) is 0.677. The minimum atomic E-state index is 0.0522. The fourth-order valence-corrected chi connectivity index (χ4v) is 1.84. The molecule has 0 fully saturated rings. The summed E-state index contributed by atoms with van der Waals surface area (Å²) in [5.74, 6) is 0.0522. The van der Waals surface area contributed by atoms with E-state index in [0.29, 0.717) is 6.54 Å². The second-order valence-electron chi connectivity index (χ2n) is 4.07. The molecule has 4 heteroatoms. The van der Waals surface area contributed by atoms with Gasteiger partial charge in [0.15, 0.2) is 0 Å². The Kier molecular flexibility index (Phi) is 4.68. The third-order valence-electron chi connectivity index (χ3n) is 3.01. The van der Waals surface area contributed by atoms with Crippen LogP contribution in [0.5, 0.6) is 0 Å². The lowest BCUT2D eigenvalue weighted by Crippen LogP contribution is -2.40. The van der Waals surface area contributed by atoms with Gasteiger partial charge < -0.3 is 9.64 Å². The van der Waals surface area contributed by atoms with Gasteiger partial charge in [0.1, 0.15) is 6.61 Å². The molecule has 1 rings (SSSR count). The first-order chi connectivity index (χ1) is 7.60. The van der Waals surface area contributed by atoms with Gasteiger partial charge in [-0.05, 0) is 25.8 Å². The van der Waals surface area contributed by atoms with Crippen LogP contribution in [0.4, 0.5) is 0 Å². The van der Waals surface area contributed by atoms with Crippen molar-refractivity contribution in [2.75, 3.05) is 33.9 Å². The van der Waals surface area contributed by atoms with Crippen molar-refractivity contribution in [3.05, 3.63) is 11.1 Å². The number of carbonyl (C=O) groups excluding carboxylic acids is 1. The minimum Gasteiger partial charge on any atom is -0.375 e. The van der Waals surface area contributed by atoms with Crippen LogP contribution in [0.1, 0.15) is 20.3 Å². The van der Waals surface area contributed by atoms with Gasteiger partial charge in [-0.15, -0.1) is 0 Å². The van der Waals surface area contributed by atoms with Crippen LogP contribution < -0.4 is 0 Å². The van der Waals surface area contributed by atoms with Crippen molar-refractivity contribution in [3.8, 4) is 0 Å². The average molecular weight is 224 g/mol. The Balaban J connectivity index is 2.76. The van der Waals surface area contributed by atoms with Gasteiger partial charge in [-0.25, -0.2) is 0 Å². The maximum Gasteiger partial charge on any atom is 0.248 e. The molecule has 90 valence electrons. The van der Waals surface area contributed by atoms with Crippen molar-refractivity contribution in [1.29, 1.82) is 0 Å². The van der Waals surface area contributed by atoms with Crippen LogP contribution in [0.15, 0.2) is 16.1 Å². The molecule has 0 bridgehead atoms. The summed E-state index contributed by atoms with van der Waals surface area (Å²) in [5, 5.41) is 0. The Bertz CT molecular complexity index is 332. The highest BCUT2D eigenvalue weighted by molar-refractivity contribution is 6.00. The number of carbonyl (C=O) groups is 1. The molecular formula is C12H20N2O2. The fourth-order valence-electron chi connectivity index (χ4n) is 1.84. The summed E-state index contributed by atoms with van der Waals surface area (Å²) < 4.78 is 4.87. The highest BCUT2D eigenvalue weighted by Crippen LogP contribution is 2.18. The summed E-state index contributed by atoms with van der Waals surface area (Å²) in [7, 11) is 3.33. The summed E-state index contributed by atoms with van der Waals surface area (Å²) in [6, 6.07) is 0. The number of ether oxygens (including phenoxy) is 1. The smallest absolute Gasteiger partial charge is 0.248 e. The number of rotatable bonds is 3. The van der Waals surface area contributed by atoms with E-state index in [1.54, 1.807) is 14.2 Å². The predicted octanol–water partition coefficient (Wildman–Crippen LogP) is 1.27. The lowest BCUT2D eigenvalue weighted by molar-refractivity contribution is -0.134. The van der Waals surface area contributed by atoms with E-state index < -0.39 is 0 Å². The number of nitrogens with zero attached hydrogens (tertiary/aromatic N) is 2. The van der Waals surface area contributed by atoms with Gasteiger partial charge >= 0.3 is 0 Å². The van der Waals surface area contributed by atoms with Crippen molar-refractivity contribution in [3.63, 3.8) is 0 Å². The first-order valence-electron chi connectivity index (χ1n) is 5.49. The Morgan fingerprint density at radius 2 is 2.25 bits per heavy atom. The third-order valence-corrected chi connectivity index (χ3v) is 3.01. The predicted molar refractivity (Wildman–Crippen MR) is 64.8 cm³/mol. The second-order valence-corrected chi connectivity index (χ2v) is 4.07. The van der Waals surface area contributed by atoms with E-state index in [9.17, 15) is 4.79 Å². The number of amides is 1. The monoisotopic (exact) mass is 224 g/mol. The van der Waals surface area contributed by atoms with Gasteiger partial charge in [0.2, 0.25) is 5.91 Å². The number of aliphatic imine (C=N–C) groups is 1. The van der Waals surface area contributed by atoms with Crippen LogP contribution in [0.2, 0.25) is 0 Å². The maximum atomic E-state index is 11.7. The van der Waals surface area contributed by atoms with Gasteiger partial charge in [-0.2, -0.15) is 0 Å². The highest BCUT2D eigenvalue weighted by Gasteiger charge is 2.21. The maximum absolute atomic E-state index is 11.7. The molecule has 0 unspecified atom stereocenters. The van der Waals surface area contributed by atoms with Gasteiger partial charge in [-0.1, -0.05) is 5.57 Å². The lowest BCUT2D eigenvalue weighted by Gasteiger charge is -2.29. The molecule has 0 saturated heterocycles. The number of methoxy groups -OCH3 is 1. The van der Waals surface area contributed by atoms with Crippen molar-refractivity contribution >= 4 is 11.6 Å². The molecule has 4 nitrogen and oxygen atoms in total. The van der Waals surface area contributed by atoms with E-state index in [2.05, 4.69) is 11.9 Å². The summed E-state index contributed by atoms with van der Waals surface area (Å²) in [5.41, 5.74) is 3.55. The SMILES string of the molecule is C/N=C(/C)C1=C(C)CCN(C(=O)COC)C1. The van der Waals surface area contributed by atoms with E-state index in [-0.39, 0.29) is 12.5 Å². The fraction of sp³-hybridized carbons (Fsp3) is 0.667. The minimum absolute atomic E-state index is 0.0522. The first-order valence-corrected chi connectivity index (χ1v) is 5.49. The molecule has 16 heavy (non-hydrogen) atoms. The van der Waals surface area contributed by atoms with E-state index in [1.807, 2.05) is 11.8 Å². The van der Waals surface area contributed by atoms with Gasteiger partial charge in [0.05, 0.1) is 0 Å². The molecule has 0 spiro atoms. The van der Waals surface area contributed by atoms with Crippen LogP contribution in [0, 0.1) is 0 Å². The first kappa shape index (κ1) is 12.9. The van der Waals surface area contributed by atoms with Crippen molar-refractivity contribution in [2.45, 2.75) is 20.3 Å². The molecule has 1 aliphatic rings. The summed E-state index contributed by atoms with van der Waals surface area (Å²) >= 11 is 0. The van der Waals surface area contributed by atoms with Gasteiger partial charge in [0, 0.05) is 33.0 Å². The summed E-state index contributed by atoms with van der Waals surface area (Å²) in [6.45, 7) is 5.71. The molecule has 0 radical (unpaired) electrons. The van der Waals surface area contributed by atoms with E-state index in [0.717, 1.165) is 18.7 Å². The molecule has 0 aromatic heterocycles. The van der Waals surface area contributed by atoms with E-state index in [4.69, 9.17) is 4.74 Å². The normalized spacial score (nSPS) is 18.0. The third kappa shape index (κ3) is 2.92.